The largest absolute Gasteiger partial charge is 0.372 e. The molecule has 0 bridgehead atoms. The van der Waals surface area contributed by atoms with Crippen molar-refractivity contribution in [3.8, 4) is 5.69 Å². The van der Waals surface area contributed by atoms with Crippen molar-refractivity contribution >= 4 is 17.7 Å². The van der Waals surface area contributed by atoms with Crippen molar-refractivity contribution in [1.82, 2.24) is 25.1 Å². The predicted molar refractivity (Wildman–Crippen MR) is 86.5 cm³/mol. The molecular weight excluding hydrogens is 314 g/mol. The summed E-state index contributed by atoms with van der Waals surface area (Å²) < 4.78 is 7.30. The molecule has 1 aliphatic heterocycles. The standard InChI is InChI=1S/C15H19N5O2S/c1-11-8-19(9-12(2)22-11)14(21)10-23-15-16-17-18-20(15)13-6-4-3-5-7-13/h3-7,11-12H,8-10H2,1-2H3/t11-,12-/m0/s1. The van der Waals surface area contributed by atoms with Gasteiger partial charge >= 0.3 is 0 Å². The second kappa shape index (κ2) is 7.10. The first-order chi connectivity index (χ1) is 11.1. The van der Waals surface area contributed by atoms with Crippen LogP contribution in [0.1, 0.15) is 13.8 Å². The summed E-state index contributed by atoms with van der Waals surface area (Å²) in [4.78, 5) is 14.3. The molecule has 1 aromatic heterocycles. The summed E-state index contributed by atoms with van der Waals surface area (Å²) in [5, 5.41) is 12.3. The number of rotatable bonds is 4. The maximum absolute atomic E-state index is 12.4. The van der Waals surface area contributed by atoms with Gasteiger partial charge in [-0.15, -0.1) is 5.10 Å². The van der Waals surface area contributed by atoms with Gasteiger partial charge in [0.2, 0.25) is 11.1 Å². The lowest BCUT2D eigenvalue weighted by molar-refractivity contribution is -0.140. The van der Waals surface area contributed by atoms with E-state index in [9.17, 15) is 4.79 Å². The molecule has 0 N–H and O–H groups in total. The molecule has 2 heterocycles. The van der Waals surface area contributed by atoms with E-state index in [1.165, 1.54) is 11.8 Å². The molecular formula is C15H19N5O2S. The van der Waals surface area contributed by atoms with E-state index in [1.54, 1.807) is 4.68 Å². The first-order valence-corrected chi connectivity index (χ1v) is 8.52. The van der Waals surface area contributed by atoms with E-state index in [4.69, 9.17) is 4.74 Å². The molecule has 122 valence electrons. The van der Waals surface area contributed by atoms with E-state index < -0.39 is 0 Å². The molecule has 0 unspecified atom stereocenters. The summed E-state index contributed by atoms with van der Waals surface area (Å²) in [5.74, 6) is 0.395. The van der Waals surface area contributed by atoms with Crippen LogP contribution in [-0.2, 0) is 9.53 Å². The van der Waals surface area contributed by atoms with Crippen molar-refractivity contribution < 1.29 is 9.53 Å². The molecule has 1 aliphatic rings. The number of hydrogen-bond acceptors (Lipinski definition) is 6. The minimum Gasteiger partial charge on any atom is -0.372 e. The van der Waals surface area contributed by atoms with Gasteiger partial charge in [-0.05, 0) is 36.4 Å². The monoisotopic (exact) mass is 333 g/mol. The lowest BCUT2D eigenvalue weighted by Crippen LogP contribution is -2.48. The number of ether oxygens (including phenoxy) is 1. The molecule has 3 rings (SSSR count). The lowest BCUT2D eigenvalue weighted by Gasteiger charge is -2.35. The second-order valence-electron chi connectivity index (χ2n) is 5.55. The van der Waals surface area contributed by atoms with Gasteiger partial charge < -0.3 is 9.64 Å². The zero-order valence-corrected chi connectivity index (χ0v) is 13.9. The molecule has 2 atom stereocenters. The summed E-state index contributed by atoms with van der Waals surface area (Å²) in [6.07, 6.45) is 0.143. The molecule has 1 saturated heterocycles. The van der Waals surface area contributed by atoms with Crippen LogP contribution in [0.4, 0.5) is 0 Å². The summed E-state index contributed by atoms with van der Waals surface area (Å²) in [5.41, 5.74) is 0.876. The Morgan fingerprint density at radius 2 is 1.96 bits per heavy atom. The van der Waals surface area contributed by atoms with Crippen LogP contribution in [0.3, 0.4) is 0 Å². The third-order valence-electron chi connectivity index (χ3n) is 3.54. The van der Waals surface area contributed by atoms with Crippen molar-refractivity contribution in [3.63, 3.8) is 0 Å². The molecule has 0 aliphatic carbocycles. The molecule has 0 spiro atoms. The summed E-state index contributed by atoms with van der Waals surface area (Å²) in [6, 6.07) is 9.63. The van der Waals surface area contributed by atoms with E-state index in [0.29, 0.717) is 24.0 Å². The average Bonchev–Trinajstić information content (AvgIpc) is 3.01. The van der Waals surface area contributed by atoms with Crippen molar-refractivity contribution in [2.45, 2.75) is 31.2 Å². The van der Waals surface area contributed by atoms with Gasteiger partial charge in [0.25, 0.3) is 0 Å². The smallest absolute Gasteiger partial charge is 0.233 e. The molecule has 1 amide bonds. The maximum Gasteiger partial charge on any atom is 0.233 e. The predicted octanol–water partition coefficient (Wildman–Crippen LogP) is 1.39. The Kier molecular flexibility index (Phi) is 4.92. The lowest BCUT2D eigenvalue weighted by atomic mass is 10.2. The molecule has 0 saturated carbocycles. The number of carbonyl (C=O) groups excluding carboxylic acids is 1. The van der Waals surface area contributed by atoms with Crippen LogP contribution in [0.2, 0.25) is 0 Å². The van der Waals surface area contributed by atoms with Gasteiger partial charge in [0.05, 0.1) is 23.6 Å². The first kappa shape index (κ1) is 15.9. The number of morpholine rings is 1. The highest BCUT2D eigenvalue weighted by Crippen LogP contribution is 2.19. The molecule has 1 fully saturated rings. The highest BCUT2D eigenvalue weighted by molar-refractivity contribution is 7.99. The number of thioether (sulfide) groups is 1. The zero-order chi connectivity index (χ0) is 16.2. The Balaban J connectivity index is 1.63. The zero-order valence-electron chi connectivity index (χ0n) is 13.1. The van der Waals surface area contributed by atoms with Crippen LogP contribution in [0.15, 0.2) is 35.5 Å². The topological polar surface area (TPSA) is 73.1 Å². The Hall–Kier alpha value is -1.93. The van der Waals surface area contributed by atoms with Crippen molar-refractivity contribution in [3.05, 3.63) is 30.3 Å². The van der Waals surface area contributed by atoms with Gasteiger partial charge in [0, 0.05) is 13.1 Å². The van der Waals surface area contributed by atoms with E-state index in [2.05, 4.69) is 15.5 Å². The quantitative estimate of drug-likeness (QED) is 0.787. The normalized spacial score (nSPS) is 21.4. The highest BCUT2D eigenvalue weighted by Gasteiger charge is 2.26. The van der Waals surface area contributed by atoms with E-state index in [-0.39, 0.29) is 18.1 Å². The van der Waals surface area contributed by atoms with Gasteiger partial charge in [-0.25, -0.2) is 0 Å². The number of benzene rings is 1. The third kappa shape index (κ3) is 3.89. The number of aromatic nitrogens is 4. The van der Waals surface area contributed by atoms with Crippen molar-refractivity contribution in [2.75, 3.05) is 18.8 Å². The van der Waals surface area contributed by atoms with E-state index in [0.717, 1.165) is 5.69 Å². The van der Waals surface area contributed by atoms with Gasteiger partial charge in [-0.2, -0.15) is 4.68 Å². The summed E-state index contributed by atoms with van der Waals surface area (Å²) >= 11 is 1.35. The Labute approximate surface area is 139 Å². The van der Waals surface area contributed by atoms with Gasteiger partial charge in [0.15, 0.2) is 0 Å². The molecule has 1 aromatic carbocycles. The van der Waals surface area contributed by atoms with Crippen LogP contribution in [0.5, 0.6) is 0 Å². The maximum atomic E-state index is 12.4. The van der Waals surface area contributed by atoms with Crippen LogP contribution >= 0.6 is 11.8 Å². The minimum atomic E-state index is 0.0716. The number of carbonyl (C=O) groups is 1. The Morgan fingerprint density at radius 3 is 2.65 bits per heavy atom. The summed E-state index contributed by atoms with van der Waals surface area (Å²) in [6.45, 7) is 5.23. The van der Waals surface area contributed by atoms with E-state index in [1.807, 2.05) is 49.1 Å². The van der Waals surface area contributed by atoms with E-state index >= 15 is 0 Å². The van der Waals surface area contributed by atoms with Gasteiger partial charge in [-0.1, -0.05) is 30.0 Å². The third-order valence-corrected chi connectivity index (χ3v) is 4.44. The SMILES string of the molecule is C[C@H]1CN(C(=O)CSc2nnnn2-c2ccccc2)C[C@H](C)O1. The first-order valence-electron chi connectivity index (χ1n) is 7.53. The number of para-hydroxylation sites is 1. The second-order valence-corrected chi connectivity index (χ2v) is 6.50. The molecule has 23 heavy (non-hydrogen) atoms. The number of nitrogens with zero attached hydrogens (tertiary/aromatic N) is 5. The minimum absolute atomic E-state index is 0.0716. The fraction of sp³-hybridized carbons (Fsp3) is 0.467. The summed E-state index contributed by atoms with van der Waals surface area (Å²) in [7, 11) is 0. The van der Waals surface area contributed by atoms with Crippen LogP contribution in [-0.4, -0.2) is 62.1 Å². The van der Waals surface area contributed by atoms with Crippen molar-refractivity contribution in [2.24, 2.45) is 0 Å². The number of amides is 1. The fourth-order valence-electron chi connectivity index (χ4n) is 2.60. The highest BCUT2D eigenvalue weighted by atomic mass is 32.2. The number of tetrazole rings is 1. The number of hydrogen-bond donors (Lipinski definition) is 0. The van der Waals surface area contributed by atoms with Crippen LogP contribution in [0, 0.1) is 0 Å². The molecule has 0 radical (unpaired) electrons. The van der Waals surface area contributed by atoms with Crippen molar-refractivity contribution in [1.29, 1.82) is 0 Å². The molecule has 7 nitrogen and oxygen atoms in total. The molecule has 2 aromatic rings. The van der Waals surface area contributed by atoms with Gasteiger partial charge in [-0.3, -0.25) is 4.79 Å². The Bertz CT molecular complexity index is 653. The Morgan fingerprint density at radius 1 is 1.26 bits per heavy atom. The van der Waals surface area contributed by atoms with Crippen LogP contribution in [0.25, 0.3) is 5.69 Å². The fourth-order valence-corrected chi connectivity index (χ4v) is 3.39. The van der Waals surface area contributed by atoms with Gasteiger partial charge in [0.1, 0.15) is 0 Å². The molecule has 8 heteroatoms. The van der Waals surface area contributed by atoms with Crippen LogP contribution < -0.4 is 0 Å². The average molecular weight is 333 g/mol.